The van der Waals surface area contributed by atoms with Crippen LogP contribution in [0.25, 0.3) is 5.69 Å². The maximum absolute atomic E-state index is 10.5. The number of nitrogens with zero attached hydrogens (tertiary/aromatic N) is 3. The van der Waals surface area contributed by atoms with Gasteiger partial charge in [0.15, 0.2) is 11.5 Å². The fourth-order valence-electron chi connectivity index (χ4n) is 1.41. The van der Waals surface area contributed by atoms with Gasteiger partial charge in [0, 0.05) is 10.5 Å². The van der Waals surface area contributed by atoms with Gasteiger partial charge in [-0.1, -0.05) is 22.0 Å². The molecule has 9 heteroatoms. The molecule has 2 N–H and O–H groups in total. The Labute approximate surface area is 117 Å². The van der Waals surface area contributed by atoms with Gasteiger partial charge in [0.05, 0.1) is 5.69 Å². The normalized spacial score (nSPS) is 11.8. The van der Waals surface area contributed by atoms with Crippen LogP contribution in [0, 0.1) is 11.3 Å². The van der Waals surface area contributed by atoms with Crippen molar-refractivity contribution in [1.82, 2.24) is 9.78 Å². The number of halogens is 1. The van der Waals surface area contributed by atoms with Gasteiger partial charge in [-0.2, -0.15) is 15.0 Å². The summed E-state index contributed by atoms with van der Waals surface area (Å²) in [6.07, 6.45) is 0. The number of benzene rings is 1. The molecule has 98 valence electrons. The summed E-state index contributed by atoms with van der Waals surface area (Å²) in [5.41, 5.74) is 3.12. The number of nitriles is 1. The van der Waals surface area contributed by atoms with Crippen LogP contribution in [0.15, 0.2) is 34.8 Å². The van der Waals surface area contributed by atoms with Gasteiger partial charge in [0.1, 0.15) is 6.07 Å². The van der Waals surface area contributed by atoms with E-state index in [9.17, 15) is 4.57 Å². The Morgan fingerprint density at radius 3 is 2.95 bits per heavy atom. The standard InChI is InChI=1S/C10H8BrN4O3P/c11-7-2-1-3-9(4-7)15-10(14-18-19(16)17)5-8(6-12)13-15/h1-5,14,19H,(H,16,17). The van der Waals surface area contributed by atoms with Gasteiger partial charge < -0.3 is 4.89 Å². The summed E-state index contributed by atoms with van der Waals surface area (Å²) in [6, 6.07) is 10.5. The summed E-state index contributed by atoms with van der Waals surface area (Å²) >= 11 is 3.33. The number of hydrogen-bond donors (Lipinski definition) is 2. The molecule has 2 rings (SSSR count). The molecule has 1 aromatic carbocycles. The topological polar surface area (TPSA) is 100 Å². The average Bonchev–Trinajstić information content (AvgIpc) is 2.79. The molecular weight excluding hydrogens is 335 g/mol. The second-order valence-electron chi connectivity index (χ2n) is 3.39. The molecule has 0 aliphatic rings. The van der Waals surface area contributed by atoms with Crippen LogP contribution in [0.5, 0.6) is 0 Å². The van der Waals surface area contributed by atoms with E-state index in [4.69, 9.17) is 10.2 Å². The SMILES string of the molecule is N#Cc1cc(NO[PH](=O)O)n(-c2cccc(Br)c2)n1. The first kappa shape index (κ1) is 13.8. The van der Waals surface area contributed by atoms with Crippen LogP contribution in [0.3, 0.4) is 0 Å². The summed E-state index contributed by atoms with van der Waals surface area (Å²) in [5.74, 6) is 0.280. The van der Waals surface area contributed by atoms with Crippen molar-refractivity contribution >= 4 is 30.0 Å². The lowest BCUT2D eigenvalue weighted by Crippen LogP contribution is -2.04. The predicted molar refractivity (Wildman–Crippen MR) is 71.9 cm³/mol. The number of aromatic nitrogens is 2. The lowest BCUT2D eigenvalue weighted by Gasteiger charge is -2.08. The van der Waals surface area contributed by atoms with Crippen LogP contribution in [-0.4, -0.2) is 14.7 Å². The van der Waals surface area contributed by atoms with Gasteiger partial charge in [0.2, 0.25) is 0 Å². The quantitative estimate of drug-likeness (QED) is 0.652. The number of nitrogens with one attached hydrogen (secondary N) is 1. The molecule has 0 bridgehead atoms. The lowest BCUT2D eigenvalue weighted by molar-refractivity contribution is 0.336. The van der Waals surface area contributed by atoms with Crippen molar-refractivity contribution in [2.45, 2.75) is 0 Å². The van der Waals surface area contributed by atoms with E-state index in [-0.39, 0.29) is 11.5 Å². The summed E-state index contributed by atoms with van der Waals surface area (Å²) in [5, 5.41) is 12.9. The zero-order valence-electron chi connectivity index (χ0n) is 9.37. The molecule has 0 spiro atoms. The molecule has 0 saturated heterocycles. The Kier molecular flexibility index (Phi) is 4.35. The Hall–Kier alpha value is -1.65. The summed E-state index contributed by atoms with van der Waals surface area (Å²) in [6.45, 7) is 0. The molecule has 0 aliphatic carbocycles. The Morgan fingerprint density at radius 2 is 2.32 bits per heavy atom. The van der Waals surface area contributed by atoms with Crippen molar-refractivity contribution in [2.75, 3.05) is 5.48 Å². The third-order valence-electron chi connectivity index (χ3n) is 2.12. The van der Waals surface area contributed by atoms with Gasteiger partial charge >= 0.3 is 8.25 Å². The van der Waals surface area contributed by atoms with Gasteiger partial charge in [-0.3, -0.25) is 4.57 Å². The van der Waals surface area contributed by atoms with Crippen LogP contribution in [0.4, 0.5) is 5.82 Å². The molecule has 1 aromatic heterocycles. The van der Waals surface area contributed by atoms with Crippen LogP contribution >= 0.6 is 24.2 Å². The average molecular weight is 343 g/mol. The molecule has 19 heavy (non-hydrogen) atoms. The highest BCUT2D eigenvalue weighted by molar-refractivity contribution is 9.10. The number of anilines is 1. The van der Waals surface area contributed by atoms with Crippen molar-refractivity contribution in [2.24, 2.45) is 0 Å². The third-order valence-corrected chi connectivity index (χ3v) is 2.89. The minimum absolute atomic E-state index is 0.156. The molecule has 0 amide bonds. The molecule has 0 fully saturated rings. The van der Waals surface area contributed by atoms with Gasteiger partial charge in [-0.25, -0.2) is 10.2 Å². The van der Waals surface area contributed by atoms with Crippen molar-refractivity contribution < 1.29 is 14.1 Å². The van der Waals surface area contributed by atoms with Crippen LogP contribution in [0.1, 0.15) is 5.69 Å². The van der Waals surface area contributed by atoms with Crippen molar-refractivity contribution in [3.8, 4) is 11.8 Å². The molecule has 1 unspecified atom stereocenters. The van der Waals surface area contributed by atoms with E-state index in [0.717, 1.165) is 4.47 Å². The van der Waals surface area contributed by atoms with Crippen LogP contribution < -0.4 is 5.48 Å². The molecule has 1 heterocycles. The minimum atomic E-state index is -3.13. The van der Waals surface area contributed by atoms with Crippen LogP contribution in [0.2, 0.25) is 0 Å². The molecule has 0 saturated carbocycles. The second kappa shape index (κ2) is 5.99. The zero-order valence-corrected chi connectivity index (χ0v) is 12.0. The third kappa shape index (κ3) is 3.43. The highest BCUT2D eigenvalue weighted by atomic mass is 79.9. The highest BCUT2D eigenvalue weighted by Gasteiger charge is 2.10. The monoisotopic (exact) mass is 342 g/mol. The van der Waals surface area contributed by atoms with E-state index in [0.29, 0.717) is 5.69 Å². The molecule has 0 aliphatic heterocycles. The first-order valence-corrected chi connectivity index (χ1v) is 7.07. The van der Waals surface area contributed by atoms with E-state index in [1.54, 1.807) is 18.2 Å². The zero-order chi connectivity index (χ0) is 13.8. The predicted octanol–water partition coefficient (Wildman–Crippen LogP) is 2.23. The molecule has 2 aromatic rings. The Balaban J connectivity index is 2.41. The number of hydrogen-bond acceptors (Lipinski definition) is 5. The second-order valence-corrected chi connectivity index (χ2v) is 5.04. The van der Waals surface area contributed by atoms with Crippen molar-refractivity contribution in [1.29, 1.82) is 5.26 Å². The molecular formula is C10H8BrN4O3P. The lowest BCUT2D eigenvalue weighted by atomic mass is 10.3. The summed E-state index contributed by atoms with van der Waals surface area (Å²) in [4.78, 5) is 8.64. The minimum Gasteiger partial charge on any atom is -0.325 e. The fraction of sp³-hybridized carbons (Fsp3) is 0. The highest BCUT2D eigenvalue weighted by Crippen LogP contribution is 2.23. The van der Waals surface area contributed by atoms with Crippen molar-refractivity contribution in [3.05, 3.63) is 40.5 Å². The maximum atomic E-state index is 10.5. The van der Waals surface area contributed by atoms with Gasteiger partial charge in [-0.15, -0.1) is 0 Å². The van der Waals surface area contributed by atoms with E-state index in [1.807, 2.05) is 12.1 Å². The number of rotatable bonds is 4. The van der Waals surface area contributed by atoms with E-state index >= 15 is 0 Å². The van der Waals surface area contributed by atoms with Gasteiger partial charge in [0.25, 0.3) is 0 Å². The first-order chi connectivity index (χ1) is 9.10. The van der Waals surface area contributed by atoms with E-state index in [2.05, 4.69) is 31.1 Å². The Morgan fingerprint density at radius 1 is 1.53 bits per heavy atom. The summed E-state index contributed by atoms with van der Waals surface area (Å²) < 4.78 is 17.2. The molecule has 1 atom stereocenters. The molecule has 0 radical (unpaired) electrons. The first-order valence-electron chi connectivity index (χ1n) is 5.02. The smallest absolute Gasteiger partial charge is 0.325 e. The Bertz CT molecular complexity index is 667. The van der Waals surface area contributed by atoms with E-state index < -0.39 is 8.25 Å². The largest absolute Gasteiger partial charge is 0.337 e. The van der Waals surface area contributed by atoms with Crippen LogP contribution in [-0.2, 0) is 9.19 Å². The molecule has 7 nitrogen and oxygen atoms in total. The maximum Gasteiger partial charge on any atom is 0.337 e. The van der Waals surface area contributed by atoms with Gasteiger partial charge in [-0.05, 0) is 18.2 Å². The van der Waals surface area contributed by atoms with E-state index in [1.165, 1.54) is 10.7 Å². The summed E-state index contributed by atoms with van der Waals surface area (Å²) in [7, 11) is -3.13. The van der Waals surface area contributed by atoms with Crippen molar-refractivity contribution in [3.63, 3.8) is 0 Å². The fourth-order valence-corrected chi connectivity index (χ4v) is 1.99.